The minimum atomic E-state index is -0.547. The fourth-order valence-corrected chi connectivity index (χ4v) is 1.82. The van der Waals surface area contributed by atoms with Crippen LogP contribution in [0.2, 0.25) is 5.02 Å². The molecule has 0 aromatic heterocycles. The van der Waals surface area contributed by atoms with Crippen molar-refractivity contribution in [1.29, 1.82) is 0 Å². The fraction of sp³-hybridized carbons (Fsp3) is 0.462. The first kappa shape index (κ1) is 15.6. The van der Waals surface area contributed by atoms with E-state index in [1.165, 1.54) is 14.2 Å². The van der Waals surface area contributed by atoms with Gasteiger partial charge in [-0.3, -0.25) is 4.79 Å². The Bertz CT molecular complexity index is 452. The standard InChI is InChI=1S/C13H19ClN2O3/c1-4-5-9(15)13(17)16-10-7-12(19-3)11(18-2)6-8(10)14/h6-7,9H,4-5,15H2,1-3H3,(H,16,17). The average molecular weight is 287 g/mol. The molecule has 106 valence electrons. The summed E-state index contributed by atoms with van der Waals surface area (Å²) in [6.45, 7) is 1.97. The van der Waals surface area contributed by atoms with Crippen LogP contribution in [0, 0.1) is 0 Å². The number of nitrogens with one attached hydrogen (secondary N) is 1. The molecule has 6 heteroatoms. The number of halogens is 1. The molecule has 3 N–H and O–H groups in total. The largest absolute Gasteiger partial charge is 0.493 e. The Morgan fingerprint density at radius 2 is 1.95 bits per heavy atom. The van der Waals surface area contributed by atoms with Crippen molar-refractivity contribution in [3.8, 4) is 11.5 Å². The summed E-state index contributed by atoms with van der Waals surface area (Å²) in [6.07, 6.45) is 1.46. The van der Waals surface area contributed by atoms with E-state index < -0.39 is 6.04 Å². The Labute approximate surface area is 118 Å². The maximum atomic E-state index is 11.8. The van der Waals surface area contributed by atoms with E-state index in [0.29, 0.717) is 28.6 Å². The lowest BCUT2D eigenvalue weighted by atomic mass is 10.1. The summed E-state index contributed by atoms with van der Waals surface area (Å²) < 4.78 is 10.3. The third-order valence-electron chi connectivity index (χ3n) is 2.67. The molecular formula is C13H19ClN2O3. The molecule has 1 rings (SSSR count). The lowest BCUT2D eigenvalue weighted by Gasteiger charge is -2.15. The Kier molecular flexibility index (Phi) is 5.92. The molecule has 0 saturated carbocycles. The van der Waals surface area contributed by atoms with Crippen LogP contribution in [0.1, 0.15) is 19.8 Å². The summed E-state index contributed by atoms with van der Waals surface area (Å²) in [5.41, 5.74) is 6.20. The van der Waals surface area contributed by atoms with Crippen molar-refractivity contribution in [2.75, 3.05) is 19.5 Å². The summed E-state index contributed by atoms with van der Waals surface area (Å²) in [4.78, 5) is 11.8. The summed E-state index contributed by atoms with van der Waals surface area (Å²) in [6, 6.07) is 2.65. The third kappa shape index (κ3) is 4.01. The van der Waals surface area contributed by atoms with Crippen LogP contribution in [0.4, 0.5) is 5.69 Å². The van der Waals surface area contributed by atoms with Crippen LogP contribution in [-0.4, -0.2) is 26.2 Å². The highest BCUT2D eigenvalue weighted by Gasteiger charge is 2.16. The fourth-order valence-electron chi connectivity index (χ4n) is 1.62. The van der Waals surface area contributed by atoms with Crippen LogP contribution in [0.25, 0.3) is 0 Å². The quantitative estimate of drug-likeness (QED) is 0.842. The van der Waals surface area contributed by atoms with Gasteiger partial charge in [0.05, 0.1) is 31.0 Å². The van der Waals surface area contributed by atoms with Crippen LogP contribution in [0.15, 0.2) is 12.1 Å². The first-order chi connectivity index (χ1) is 9.03. The summed E-state index contributed by atoms with van der Waals surface area (Å²) >= 11 is 6.07. The van der Waals surface area contributed by atoms with Crippen LogP contribution < -0.4 is 20.5 Å². The van der Waals surface area contributed by atoms with Crippen molar-refractivity contribution >= 4 is 23.2 Å². The van der Waals surface area contributed by atoms with Crippen molar-refractivity contribution in [2.45, 2.75) is 25.8 Å². The molecule has 0 spiro atoms. The number of benzene rings is 1. The lowest BCUT2D eigenvalue weighted by molar-refractivity contribution is -0.117. The summed E-state index contributed by atoms with van der Waals surface area (Å²) in [5, 5.41) is 3.06. The highest BCUT2D eigenvalue weighted by molar-refractivity contribution is 6.34. The normalized spacial score (nSPS) is 11.8. The predicted molar refractivity (Wildman–Crippen MR) is 76.1 cm³/mol. The average Bonchev–Trinajstić information content (AvgIpc) is 2.40. The van der Waals surface area contributed by atoms with Crippen LogP contribution in [-0.2, 0) is 4.79 Å². The van der Waals surface area contributed by atoms with Crippen molar-refractivity contribution < 1.29 is 14.3 Å². The molecule has 1 unspecified atom stereocenters. The van der Waals surface area contributed by atoms with E-state index in [0.717, 1.165) is 6.42 Å². The van der Waals surface area contributed by atoms with Crippen molar-refractivity contribution in [3.05, 3.63) is 17.2 Å². The third-order valence-corrected chi connectivity index (χ3v) is 2.98. The number of hydrogen-bond donors (Lipinski definition) is 2. The molecular weight excluding hydrogens is 268 g/mol. The Morgan fingerprint density at radius 3 is 2.47 bits per heavy atom. The van der Waals surface area contributed by atoms with Gasteiger partial charge in [-0.2, -0.15) is 0 Å². The minimum Gasteiger partial charge on any atom is -0.493 e. The smallest absolute Gasteiger partial charge is 0.241 e. The number of carbonyl (C=O) groups excluding carboxylic acids is 1. The molecule has 5 nitrogen and oxygen atoms in total. The van der Waals surface area contributed by atoms with Crippen molar-refractivity contribution in [3.63, 3.8) is 0 Å². The van der Waals surface area contributed by atoms with Gasteiger partial charge < -0.3 is 20.5 Å². The van der Waals surface area contributed by atoms with E-state index in [1.54, 1.807) is 12.1 Å². The lowest BCUT2D eigenvalue weighted by Crippen LogP contribution is -2.35. The van der Waals surface area contributed by atoms with Gasteiger partial charge in [0.25, 0.3) is 0 Å². The topological polar surface area (TPSA) is 73.6 Å². The molecule has 0 radical (unpaired) electrons. The van der Waals surface area contributed by atoms with Gasteiger partial charge in [0.2, 0.25) is 5.91 Å². The SMILES string of the molecule is CCCC(N)C(=O)Nc1cc(OC)c(OC)cc1Cl. The maximum Gasteiger partial charge on any atom is 0.241 e. The van der Waals surface area contributed by atoms with Gasteiger partial charge in [-0.15, -0.1) is 0 Å². The van der Waals surface area contributed by atoms with Crippen molar-refractivity contribution in [1.82, 2.24) is 0 Å². The van der Waals surface area contributed by atoms with Crippen molar-refractivity contribution in [2.24, 2.45) is 5.73 Å². The minimum absolute atomic E-state index is 0.268. The zero-order valence-corrected chi connectivity index (χ0v) is 12.1. The highest BCUT2D eigenvalue weighted by Crippen LogP contribution is 2.36. The van der Waals surface area contributed by atoms with E-state index in [9.17, 15) is 4.79 Å². The first-order valence-electron chi connectivity index (χ1n) is 6.01. The van der Waals surface area contributed by atoms with E-state index in [1.807, 2.05) is 6.92 Å². The van der Waals surface area contributed by atoms with Gasteiger partial charge in [-0.25, -0.2) is 0 Å². The van der Waals surface area contributed by atoms with E-state index in [4.69, 9.17) is 26.8 Å². The van der Waals surface area contributed by atoms with Gasteiger partial charge >= 0.3 is 0 Å². The number of amides is 1. The number of rotatable bonds is 6. The van der Waals surface area contributed by atoms with Gasteiger partial charge in [0.1, 0.15) is 0 Å². The number of methoxy groups -OCH3 is 2. The summed E-state index contributed by atoms with van der Waals surface area (Å²) in [5.74, 6) is 0.727. The molecule has 0 aliphatic heterocycles. The predicted octanol–water partition coefficient (Wildman–Crippen LogP) is 2.42. The van der Waals surface area contributed by atoms with Crippen LogP contribution >= 0.6 is 11.6 Å². The molecule has 0 aliphatic rings. The molecule has 1 atom stereocenters. The highest BCUT2D eigenvalue weighted by atomic mass is 35.5. The molecule has 0 aliphatic carbocycles. The molecule has 1 amide bonds. The molecule has 1 aromatic carbocycles. The molecule has 1 aromatic rings. The Hall–Kier alpha value is -1.46. The Balaban J connectivity index is 2.92. The Morgan fingerprint density at radius 1 is 1.37 bits per heavy atom. The molecule has 0 heterocycles. The molecule has 0 bridgehead atoms. The first-order valence-corrected chi connectivity index (χ1v) is 6.39. The number of hydrogen-bond acceptors (Lipinski definition) is 4. The number of ether oxygens (including phenoxy) is 2. The zero-order chi connectivity index (χ0) is 14.4. The zero-order valence-electron chi connectivity index (χ0n) is 11.3. The maximum absolute atomic E-state index is 11.8. The molecule has 0 saturated heterocycles. The van der Waals surface area contributed by atoms with Gasteiger partial charge in [0, 0.05) is 12.1 Å². The summed E-state index contributed by atoms with van der Waals surface area (Å²) in [7, 11) is 3.03. The van der Waals surface area contributed by atoms with Gasteiger partial charge in [-0.1, -0.05) is 24.9 Å². The second kappa shape index (κ2) is 7.21. The number of anilines is 1. The number of nitrogens with two attached hydrogens (primary N) is 1. The van der Waals surface area contributed by atoms with E-state index in [-0.39, 0.29) is 5.91 Å². The van der Waals surface area contributed by atoms with Crippen LogP contribution in [0.3, 0.4) is 0 Å². The molecule has 0 fully saturated rings. The number of carbonyl (C=O) groups is 1. The van der Waals surface area contributed by atoms with Gasteiger partial charge in [-0.05, 0) is 6.42 Å². The van der Waals surface area contributed by atoms with Crippen LogP contribution in [0.5, 0.6) is 11.5 Å². The second-order valence-electron chi connectivity index (χ2n) is 4.07. The molecule has 19 heavy (non-hydrogen) atoms. The monoisotopic (exact) mass is 286 g/mol. The second-order valence-corrected chi connectivity index (χ2v) is 4.48. The van der Waals surface area contributed by atoms with Gasteiger partial charge in [0.15, 0.2) is 11.5 Å². The van der Waals surface area contributed by atoms with E-state index >= 15 is 0 Å². The van der Waals surface area contributed by atoms with E-state index in [2.05, 4.69) is 5.32 Å².